The maximum Gasteiger partial charge on any atom is 0.225 e. The van der Waals surface area contributed by atoms with Crippen molar-refractivity contribution in [3.63, 3.8) is 0 Å². The van der Waals surface area contributed by atoms with Crippen LogP contribution in [0.25, 0.3) is 0 Å². The Morgan fingerprint density at radius 1 is 1.04 bits per heavy atom. The van der Waals surface area contributed by atoms with Gasteiger partial charge >= 0.3 is 0 Å². The summed E-state index contributed by atoms with van der Waals surface area (Å²) in [6.07, 6.45) is 0.234. The van der Waals surface area contributed by atoms with Crippen molar-refractivity contribution >= 4 is 17.5 Å². The number of ether oxygens (including phenoxy) is 3. The normalized spacial score (nSPS) is 9.65. The van der Waals surface area contributed by atoms with E-state index in [1.54, 1.807) is 38.5 Å². The van der Waals surface area contributed by atoms with E-state index in [0.29, 0.717) is 22.3 Å². The van der Waals surface area contributed by atoms with E-state index in [-0.39, 0.29) is 25.5 Å². The molecule has 0 saturated carbocycles. The predicted molar refractivity (Wildman–Crippen MR) is 101 cm³/mol. The summed E-state index contributed by atoms with van der Waals surface area (Å²) in [6.45, 7) is 0.452. The number of hydrogen-bond donors (Lipinski definition) is 1. The summed E-state index contributed by atoms with van der Waals surface area (Å²) in [4.78, 5) is 12.0. The Labute approximate surface area is 158 Å². The Hall–Kier alpha value is -2.84. The lowest BCUT2D eigenvalue weighted by Crippen LogP contribution is -2.25. The van der Waals surface area contributed by atoms with E-state index < -0.39 is 0 Å². The van der Waals surface area contributed by atoms with Crippen LogP contribution in [0.1, 0.15) is 5.56 Å². The molecule has 0 aliphatic rings. The smallest absolute Gasteiger partial charge is 0.225 e. The van der Waals surface area contributed by atoms with Crippen LogP contribution < -0.4 is 19.5 Å². The van der Waals surface area contributed by atoms with E-state index in [0.717, 1.165) is 5.56 Å². The number of halogens is 1. The monoisotopic (exact) mass is 373 g/mol. The molecule has 0 bridgehead atoms. The number of rotatable bonds is 7. The molecule has 1 N–H and O–H groups in total. The molecule has 0 fully saturated rings. The molecular formula is C20H20ClNO4. The van der Waals surface area contributed by atoms with Crippen molar-refractivity contribution in [3.8, 4) is 29.1 Å². The summed E-state index contributed by atoms with van der Waals surface area (Å²) in [5.74, 6) is 7.35. The number of amides is 1. The molecule has 2 aromatic carbocycles. The lowest BCUT2D eigenvalue weighted by molar-refractivity contribution is -0.120. The molecule has 5 nitrogen and oxygen atoms in total. The van der Waals surface area contributed by atoms with Gasteiger partial charge in [-0.1, -0.05) is 41.6 Å². The highest BCUT2D eigenvalue weighted by atomic mass is 35.5. The molecule has 1 amide bonds. The first-order valence-electron chi connectivity index (χ1n) is 7.94. The third-order valence-corrected chi connectivity index (χ3v) is 3.76. The Kier molecular flexibility index (Phi) is 7.66. The predicted octanol–water partition coefficient (Wildman–Crippen LogP) is 3.10. The molecule has 26 heavy (non-hydrogen) atoms. The first-order valence-corrected chi connectivity index (χ1v) is 8.32. The van der Waals surface area contributed by atoms with Crippen LogP contribution in [0.4, 0.5) is 0 Å². The largest absolute Gasteiger partial charge is 0.493 e. The van der Waals surface area contributed by atoms with Crippen molar-refractivity contribution in [2.45, 2.75) is 6.42 Å². The molecule has 0 heterocycles. The number of hydrogen-bond acceptors (Lipinski definition) is 4. The average Bonchev–Trinajstić information content (AvgIpc) is 2.65. The van der Waals surface area contributed by atoms with Crippen LogP contribution in [0.3, 0.4) is 0 Å². The molecule has 0 aliphatic heterocycles. The van der Waals surface area contributed by atoms with Gasteiger partial charge in [0.2, 0.25) is 5.91 Å². The van der Waals surface area contributed by atoms with Crippen molar-refractivity contribution in [3.05, 3.63) is 53.1 Å². The molecule has 6 heteroatoms. The van der Waals surface area contributed by atoms with Crippen LogP contribution in [0.2, 0.25) is 5.02 Å². The lowest BCUT2D eigenvalue weighted by atomic mass is 10.1. The number of methoxy groups -OCH3 is 2. The summed E-state index contributed by atoms with van der Waals surface area (Å²) < 4.78 is 15.8. The Bertz CT molecular complexity index is 811. The second-order valence-corrected chi connectivity index (χ2v) is 5.62. The van der Waals surface area contributed by atoms with Gasteiger partial charge in [-0.2, -0.15) is 0 Å². The van der Waals surface area contributed by atoms with E-state index in [2.05, 4.69) is 17.2 Å². The number of para-hydroxylation sites is 1. The van der Waals surface area contributed by atoms with Gasteiger partial charge in [0.1, 0.15) is 12.4 Å². The second kappa shape index (κ2) is 10.2. The minimum Gasteiger partial charge on any atom is -0.493 e. The molecule has 136 valence electrons. The number of carbonyl (C=O) groups excluding carboxylic acids is 1. The topological polar surface area (TPSA) is 56.8 Å². The van der Waals surface area contributed by atoms with Crippen molar-refractivity contribution in [2.24, 2.45) is 0 Å². The zero-order valence-corrected chi connectivity index (χ0v) is 15.4. The van der Waals surface area contributed by atoms with Crippen LogP contribution in [-0.2, 0) is 11.2 Å². The molecule has 0 unspecified atom stereocenters. The third kappa shape index (κ3) is 5.91. The van der Waals surface area contributed by atoms with Gasteiger partial charge in [-0.15, -0.1) is 0 Å². The van der Waals surface area contributed by atoms with Crippen molar-refractivity contribution in [2.75, 3.05) is 27.4 Å². The van der Waals surface area contributed by atoms with Crippen LogP contribution in [-0.4, -0.2) is 33.3 Å². The Balaban J connectivity index is 1.75. The number of carbonyl (C=O) groups is 1. The lowest BCUT2D eigenvalue weighted by Gasteiger charge is -2.09. The zero-order valence-electron chi connectivity index (χ0n) is 14.7. The van der Waals surface area contributed by atoms with Crippen LogP contribution >= 0.6 is 11.6 Å². The molecular weight excluding hydrogens is 354 g/mol. The first kappa shape index (κ1) is 19.5. The SMILES string of the molecule is COc1ccc(CC(=O)NCC#CCOc2ccccc2Cl)cc1OC. The van der Waals surface area contributed by atoms with E-state index in [9.17, 15) is 4.79 Å². The highest BCUT2D eigenvalue weighted by molar-refractivity contribution is 6.32. The minimum absolute atomic E-state index is 0.126. The maximum absolute atomic E-state index is 12.0. The second-order valence-electron chi connectivity index (χ2n) is 5.22. The molecule has 2 rings (SSSR count). The van der Waals surface area contributed by atoms with Gasteiger partial charge in [0.25, 0.3) is 0 Å². The Morgan fingerprint density at radius 2 is 1.81 bits per heavy atom. The van der Waals surface area contributed by atoms with E-state index in [4.69, 9.17) is 25.8 Å². The standard InChI is InChI=1S/C20H20ClNO4/c1-24-18-10-9-15(13-19(18)25-2)14-20(23)22-11-5-6-12-26-17-8-4-3-7-16(17)21/h3-4,7-10,13H,11-12,14H2,1-2H3,(H,22,23). The zero-order chi connectivity index (χ0) is 18.8. The average molecular weight is 374 g/mol. The minimum atomic E-state index is -0.126. The van der Waals surface area contributed by atoms with Crippen LogP contribution in [0.15, 0.2) is 42.5 Å². The fraction of sp³-hybridized carbons (Fsp3) is 0.250. The quantitative estimate of drug-likeness (QED) is 0.758. The van der Waals surface area contributed by atoms with Gasteiger partial charge in [0.15, 0.2) is 11.5 Å². The van der Waals surface area contributed by atoms with Gasteiger partial charge < -0.3 is 19.5 Å². The first-order chi connectivity index (χ1) is 12.6. The molecule has 0 aromatic heterocycles. The van der Waals surface area contributed by atoms with Gasteiger partial charge in [-0.05, 0) is 29.8 Å². The molecule has 2 aromatic rings. The highest BCUT2D eigenvalue weighted by Gasteiger charge is 2.07. The summed E-state index contributed by atoms with van der Waals surface area (Å²) >= 11 is 5.98. The fourth-order valence-corrected chi connectivity index (χ4v) is 2.36. The molecule has 0 radical (unpaired) electrons. The van der Waals surface area contributed by atoms with Gasteiger partial charge in [0.05, 0.1) is 32.2 Å². The van der Waals surface area contributed by atoms with Gasteiger partial charge in [-0.3, -0.25) is 4.79 Å². The summed E-state index contributed by atoms with van der Waals surface area (Å²) in [5.41, 5.74) is 0.829. The van der Waals surface area contributed by atoms with E-state index in [1.165, 1.54) is 0 Å². The summed E-state index contributed by atoms with van der Waals surface area (Å²) in [6, 6.07) is 12.6. The van der Waals surface area contributed by atoms with Gasteiger partial charge in [0, 0.05) is 0 Å². The van der Waals surface area contributed by atoms with Crippen molar-refractivity contribution in [1.82, 2.24) is 5.32 Å². The Morgan fingerprint density at radius 3 is 2.54 bits per heavy atom. The van der Waals surface area contributed by atoms with E-state index in [1.807, 2.05) is 18.2 Å². The molecule has 0 aliphatic carbocycles. The van der Waals surface area contributed by atoms with Gasteiger partial charge in [-0.25, -0.2) is 0 Å². The molecule has 0 atom stereocenters. The van der Waals surface area contributed by atoms with Crippen molar-refractivity contribution < 1.29 is 19.0 Å². The van der Waals surface area contributed by atoms with Crippen LogP contribution in [0, 0.1) is 11.8 Å². The third-order valence-electron chi connectivity index (χ3n) is 3.45. The van der Waals surface area contributed by atoms with Crippen LogP contribution in [0.5, 0.6) is 17.2 Å². The number of nitrogens with one attached hydrogen (secondary N) is 1. The highest BCUT2D eigenvalue weighted by Crippen LogP contribution is 2.27. The summed E-state index contributed by atoms with van der Waals surface area (Å²) in [5, 5.41) is 3.28. The number of benzene rings is 2. The van der Waals surface area contributed by atoms with Crippen molar-refractivity contribution in [1.29, 1.82) is 0 Å². The maximum atomic E-state index is 12.0. The summed E-state index contributed by atoms with van der Waals surface area (Å²) in [7, 11) is 3.13. The van der Waals surface area contributed by atoms with E-state index >= 15 is 0 Å². The molecule has 0 spiro atoms. The molecule has 0 saturated heterocycles. The fourth-order valence-electron chi connectivity index (χ4n) is 2.17.